The summed E-state index contributed by atoms with van der Waals surface area (Å²) in [5.74, 6) is 11.8. The maximum atomic E-state index is 2.62. The minimum Gasteiger partial charge on any atom is -0.0654 e. The Morgan fingerprint density at radius 2 is 1.23 bits per heavy atom. The topological polar surface area (TPSA) is 0 Å². The van der Waals surface area contributed by atoms with Gasteiger partial charge in [0.15, 0.2) is 0 Å². The fraction of sp³-hybridized carbons (Fsp3) is 1.00. The van der Waals surface area contributed by atoms with Crippen LogP contribution in [-0.4, -0.2) is 0 Å². The van der Waals surface area contributed by atoms with Crippen LogP contribution < -0.4 is 0 Å². The van der Waals surface area contributed by atoms with Crippen LogP contribution in [0.1, 0.15) is 182 Å². The normalized spacial score (nSPS) is 42.1. The Morgan fingerprint density at radius 3 is 1.87 bits per heavy atom. The molecule has 5 rings (SSSR count). The van der Waals surface area contributed by atoms with Crippen LogP contribution in [0.2, 0.25) is 0 Å². The van der Waals surface area contributed by atoms with Gasteiger partial charge >= 0.3 is 0 Å². The van der Waals surface area contributed by atoms with E-state index in [9.17, 15) is 0 Å². The van der Waals surface area contributed by atoms with Gasteiger partial charge in [-0.15, -0.1) is 0 Å². The largest absolute Gasteiger partial charge is 0.0654 e. The number of unbranched alkanes of at least 4 members (excludes halogenated alkanes) is 1. The second-order valence-corrected chi connectivity index (χ2v) is 16.0. The summed E-state index contributed by atoms with van der Waals surface area (Å²) in [5.41, 5.74) is 0. The van der Waals surface area contributed by atoms with Crippen molar-refractivity contribution in [3.63, 3.8) is 0 Å². The second-order valence-electron chi connectivity index (χ2n) is 16.0. The van der Waals surface area contributed by atoms with Crippen LogP contribution in [0.3, 0.4) is 0 Å². The molecular formula is C39H72. The first-order chi connectivity index (χ1) is 19.0. The third-order valence-electron chi connectivity index (χ3n) is 13.5. The Bertz CT molecular complexity index is 640. The highest BCUT2D eigenvalue weighted by Gasteiger charge is 2.47. The standard InChI is InChI=1S/C23H42.C16H30/c1-3-4-15-21-18(2)17-20-14-11-16-22(20)23(21)19-12-9-7-5-6-8-10-13-19;1-4-13-7-9-14(5-2)16(11-13)15-8-6-12(3)10-15/h18-23H,3-17H2,1-2H3;12-16H,4-11H2,1-3H3. The zero-order valence-electron chi connectivity index (χ0n) is 27.6. The fourth-order valence-electron chi connectivity index (χ4n) is 11.3. The average Bonchev–Trinajstić information content (AvgIpc) is 3.62. The van der Waals surface area contributed by atoms with Crippen LogP contribution in [-0.2, 0) is 0 Å². The molecule has 0 aromatic carbocycles. The minimum absolute atomic E-state index is 1.01. The molecule has 0 bridgehead atoms. The van der Waals surface area contributed by atoms with Crippen LogP contribution >= 0.6 is 0 Å². The molecule has 0 N–H and O–H groups in total. The van der Waals surface area contributed by atoms with Crippen molar-refractivity contribution in [1.29, 1.82) is 0 Å². The van der Waals surface area contributed by atoms with Crippen molar-refractivity contribution in [2.24, 2.45) is 65.1 Å². The maximum Gasteiger partial charge on any atom is -0.0324 e. The zero-order valence-corrected chi connectivity index (χ0v) is 27.6. The molecular weight excluding hydrogens is 468 g/mol. The summed E-state index contributed by atoms with van der Waals surface area (Å²) in [4.78, 5) is 0. The van der Waals surface area contributed by atoms with Crippen LogP contribution in [0, 0.1) is 65.1 Å². The smallest absolute Gasteiger partial charge is 0.0324 e. The van der Waals surface area contributed by atoms with E-state index in [1.54, 1.807) is 57.8 Å². The van der Waals surface area contributed by atoms with Crippen LogP contribution in [0.15, 0.2) is 0 Å². The molecule has 5 aliphatic carbocycles. The molecule has 5 aliphatic rings. The summed E-state index contributed by atoms with van der Waals surface area (Å²) in [5, 5.41) is 0. The Morgan fingerprint density at radius 1 is 0.538 bits per heavy atom. The van der Waals surface area contributed by atoms with Crippen LogP contribution in [0.5, 0.6) is 0 Å². The Labute approximate surface area is 247 Å². The lowest BCUT2D eigenvalue weighted by atomic mass is 9.57. The van der Waals surface area contributed by atoms with Crippen LogP contribution in [0.4, 0.5) is 0 Å². The third-order valence-corrected chi connectivity index (χ3v) is 13.5. The van der Waals surface area contributed by atoms with Crippen molar-refractivity contribution in [1.82, 2.24) is 0 Å². The van der Waals surface area contributed by atoms with Crippen molar-refractivity contribution in [3.05, 3.63) is 0 Å². The van der Waals surface area contributed by atoms with Crippen molar-refractivity contribution < 1.29 is 0 Å². The molecule has 0 amide bonds. The molecule has 0 spiro atoms. The summed E-state index contributed by atoms with van der Waals surface area (Å²) in [6.45, 7) is 12.3. The van der Waals surface area contributed by atoms with E-state index in [0.717, 1.165) is 65.1 Å². The molecule has 228 valence electrons. The van der Waals surface area contributed by atoms with Crippen molar-refractivity contribution in [3.8, 4) is 0 Å². The van der Waals surface area contributed by atoms with E-state index >= 15 is 0 Å². The number of hydrogen-bond donors (Lipinski definition) is 0. The van der Waals surface area contributed by atoms with Crippen molar-refractivity contribution >= 4 is 0 Å². The Hall–Kier alpha value is 0. The van der Waals surface area contributed by atoms with E-state index in [-0.39, 0.29) is 0 Å². The summed E-state index contributed by atoms with van der Waals surface area (Å²) in [6.07, 6.45) is 35.0. The Kier molecular flexibility index (Phi) is 13.6. The molecule has 0 aliphatic heterocycles. The first kappa shape index (κ1) is 31.9. The summed E-state index contributed by atoms with van der Waals surface area (Å²) in [7, 11) is 0. The lowest BCUT2D eigenvalue weighted by Gasteiger charge is -2.48. The number of fused-ring (bicyclic) bond motifs is 1. The Balaban J connectivity index is 0.000000193. The third kappa shape index (κ3) is 8.76. The maximum absolute atomic E-state index is 2.62. The minimum atomic E-state index is 1.01. The highest BCUT2D eigenvalue weighted by molar-refractivity contribution is 4.96. The van der Waals surface area contributed by atoms with E-state index in [4.69, 9.17) is 0 Å². The highest BCUT2D eigenvalue weighted by Crippen LogP contribution is 2.55. The molecule has 0 nitrogen and oxygen atoms in total. The summed E-state index contributed by atoms with van der Waals surface area (Å²) >= 11 is 0. The van der Waals surface area contributed by atoms with E-state index in [0.29, 0.717) is 0 Å². The van der Waals surface area contributed by atoms with E-state index in [2.05, 4.69) is 34.6 Å². The monoisotopic (exact) mass is 541 g/mol. The SMILES string of the molecule is CCC1CCC(CC)C(C2CCC(C)C2)C1.CCCCC1C(C)CC2CCCC2C1C1CCCCCCCC1. The molecule has 5 fully saturated rings. The van der Waals surface area contributed by atoms with Gasteiger partial charge in [-0.05, 0) is 110 Å². The highest BCUT2D eigenvalue weighted by atomic mass is 14.5. The number of rotatable bonds is 7. The van der Waals surface area contributed by atoms with Gasteiger partial charge in [-0.2, -0.15) is 0 Å². The molecule has 0 heteroatoms. The zero-order chi connectivity index (χ0) is 27.6. The molecule has 10 atom stereocenters. The average molecular weight is 541 g/mol. The van der Waals surface area contributed by atoms with Crippen LogP contribution in [0.25, 0.3) is 0 Å². The molecule has 0 aromatic heterocycles. The van der Waals surface area contributed by atoms with Crippen molar-refractivity contribution in [2.75, 3.05) is 0 Å². The summed E-state index contributed by atoms with van der Waals surface area (Å²) < 4.78 is 0. The molecule has 0 radical (unpaired) electrons. The van der Waals surface area contributed by atoms with E-state index < -0.39 is 0 Å². The molecule has 5 saturated carbocycles. The molecule has 0 saturated heterocycles. The van der Waals surface area contributed by atoms with Gasteiger partial charge in [0.25, 0.3) is 0 Å². The van der Waals surface area contributed by atoms with Gasteiger partial charge < -0.3 is 0 Å². The van der Waals surface area contributed by atoms with E-state index in [1.165, 1.54) is 89.9 Å². The second kappa shape index (κ2) is 16.6. The quantitative estimate of drug-likeness (QED) is 0.301. The number of hydrogen-bond acceptors (Lipinski definition) is 0. The van der Waals surface area contributed by atoms with Gasteiger partial charge in [-0.3, -0.25) is 0 Å². The predicted molar refractivity (Wildman–Crippen MR) is 173 cm³/mol. The fourth-order valence-corrected chi connectivity index (χ4v) is 11.3. The first-order valence-corrected chi connectivity index (χ1v) is 19.0. The summed E-state index contributed by atoms with van der Waals surface area (Å²) in [6, 6.07) is 0. The lowest BCUT2D eigenvalue weighted by Crippen LogP contribution is -2.41. The van der Waals surface area contributed by atoms with Gasteiger partial charge in [0.05, 0.1) is 0 Å². The van der Waals surface area contributed by atoms with Gasteiger partial charge in [0.1, 0.15) is 0 Å². The van der Waals surface area contributed by atoms with Crippen molar-refractivity contribution in [2.45, 2.75) is 182 Å². The van der Waals surface area contributed by atoms with Gasteiger partial charge in [0, 0.05) is 0 Å². The first-order valence-electron chi connectivity index (χ1n) is 19.0. The van der Waals surface area contributed by atoms with E-state index in [1.807, 2.05) is 0 Å². The molecule has 0 aromatic rings. The lowest BCUT2D eigenvalue weighted by molar-refractivity contribution is 0.00764. The van der Waals surface area contributed by atoms with Gasteiger partial charge in [-0.1, -0.05) is 137 Å². The molecule has 39 heavy (non-hydrogen) atoms. The van der Waals surface area contributed by atoms with Gasteiger partial charge in [0.2, 0.25) is 0 Å². The molecule has 0 heterocycles. The van der Waals surface area contributed by atoms with Gasteiger partial charge in [-0.25, -0.2) is 0 Å². The predicted octanol–water partition coefficient (Wildman–Crippen LogP) is 12.9. The molecule has 10 unspecified atom stereocenters.